The molecular weight excluding hydrogens is 665 g/mol. The predicted molar refractivity (Wildman–Crippen MR) is 242 cm³/mol. The standard InChI is InChI=1S/C54H78O/c1-16-36-25-29-48(43(22-7)40(36)19-4)52(10,11)33-39-28-32-51(55)47(35-54(14,15)50-31-27-38(18-3)42(21-6)45(50)24-9)46(39)34-53(12,13)49-30-26-37(17-2)41(20-5)44(49)23-8/h25-32,55H,16-24,33-35H2,1-15H3. The SMILES string of the molecule is CCc1ccc(C(C)(C)Cc2ccc(O)c(CC(C)(C)c3ccc(CC)c(CC)c3CC)c2CC(C)(C)c2ccc(CC)c(CC)c2CC)c(CC)c1CC. The van der Waals surface area contributed by atoms with Crippen molar-refractivity contribution in [3.05, 3.63) is 132 Å². The van der Waals surface area contributed by atoms with Gasteiger partial charge in [0.15, 0.2) is 0 Å². The van der Waals surface area contributed by atoms with Gasteiger partial charge in [0, 0.05) is 0 Å². The summed E-state index contributed by atoms with van der Waals surface area (Å²) in [5, 5.41) is 12.1. The van der Waals surface area contributed by atoms with Gasteiger partial charge in [-0.1, -0.05) is 146 Å². The molecule has 0 radical (unpaired) electrons. The van der Waals surface area contributed by atoms with E-state index < -0.39 is 0 Å². The third kappa shape index (κ3) is 8.97. The zero-order valence-corrected chi connectivity index (χ0v) is 38.1. The third-order valence-corrected chi connectivity index (χ3v) is 13.4. The molecule has 0 fully saturated rings. The Bertz CT molecular complexity index is 1930. The molecule has 0 heterocycles. The fourth-order valence-corrected chi connectivity index (χ4v) is 10.6. The Morgan fingerprint density at radius 2 is 0.600 bits per heavy atom. The molecule has 0 amide bonds. The lowest BCUT2D eigenvalue weighted by Gasteiger charge is -2.36. The van der Waals surface area contributed by atoms with Gasteiger partial charge >= 0.3 is 0 Å². The molecule has 0 aliphatic heterocycles. The topological polar surface area (TPSA) is 20.2 Å². The van der Waals surface area contributed by atoms with Crippen LogP contribution in [0.4, 0.5) is 0 Å². The van der Waals surface area contributed by atoms with E-state index in [0.29, 0.717) is 5.75 Å². The second-order valence-electron chi connectivity index (χ2n) is 18.3. The van der Waals surface area contributed by atoms with E-state index >= 15 is 0 Å². The molecule has 4 rings (SSSR count). The summed E-state index contributed by atoms with van der Waals surface area (Å²) in [4.78, 5) is 0. The summed E-state index contributed by atoms with van der Waals surface area (Å²) in [6.07, 6.45) is 12.1. The van der Waals surface area contributed by atoms with Crippen LogP contribution in [-0.2, 0) is 93.3 Å². The number of hydrogen-bond acceptors (Lipinski definition) is 1. The van der Waals surface area contributed by atoms with Crippen molar-refractivity contribution in [2.24, 2.45) is 0 Å². The lowest BCUT2D eigenvalue weighted by Crippen LogP contribution is -2.29. The fourth-order valence-electron chi connectivity index (χ4n) is 10.6. The van der Waals surface area contributed by atoms with Gasteiger partial charge in [0.1, 0.15) is 5.75 Å². The minimum Gasteiger partial charge on any atom is -0.508 e. The molecule has 4 aromatic carbocycles. The van der Waals surface area contributed by atoms with Gasteiger partial charge in [0.2, 0.25) is 0 Å². The van der Waals surface area contributed by atoms with E-state index in [2.05, 4.69) is 146 Å². The summed E-state index contributed by atoms with van der Waals surface area (Å²) in [5.74, 6) is 0.445. The molecule has 0 aromatic heterocycles. The zero-order chi connectivity index (χ0) is 40.9. The monoisotopic (exact) mass is 743 g/mol. The van der Waals surface area contributed by atoms with Gasteiger partial charge in [-0.25, -0.2) is 0 Å². The summed E-state index contributed by atoms with van der Waals surface area (Å²) < 4.78 is 0. The average Bonchev–Trinajstić information content (AvgIpc) is 3.17. The maximum absolute atomic E-state index is 12.1. The quantitative estimate of drug-likeness (QED) is 0.108. The first-order valence-electron chi connectivity index (χ1n) is 22.3. The van der Waals surface area contributed by atoms with Gasteiger partial charge < -0.3 is 5.11 Å². The highest BCUT2D eigenvalue weighted by molar-refractivity contribution is 5.53. The normalized spacial score (nSPS) is 12.5. The minimum absolute atomic E-state index is 0.0850. The summed E-state index contributed by atoms with van der Waals surface area (Å²) >= 11 is 0. The van der Waals surface area contributed by atoms with E-state index in [1.165, 1.54) is 66.8 Å². The Morgan fingerprint density at radius 1 is 0.309 bits per heavy atom. The summed E-state index contributed by atoms with van der Waals surface area (Å²) in [5.41, 5.74) is 21.5. The Kier molecular flexibility index (Phi) is 14.8. The van der Waals surface area contributed by atoms with Crippen LogP contribution in [-0.4, -0.2) is 5.11 Å². The number of benzene rings is 4. The van der Waals surface area contributed by atoms with Crippen molar-refractivity contribution >= 4 is 0 Å². The van der Waals surface area contributed by atoms with Crippen molar-refractivity contribution in [1.29, 1.82) is 0 Å². The highest BCUT2D eigenvalue weighted by Crippen LogP contribution is 2.43. The Balaban J connectivity index is 1.99. The van der Waals surface area contributed by atoms with Crippen LogP contribution in [0.3, 0.4) is 0 Å². The van der Waals surface area contributed by atoms with Crippen LogP contribution in [0.25, 0.3) is 0 Å². The molecule has 0 atom stereocenters. The molecule has 4 aromatic rings. The molecule has 300 valence electrons. The van der Waals surface area contributed by atoms with Gasteiger partial charge in [0.25, 0.3) is 0 Å². The molecular formula is C54H78O. The molecule has 0 saturated carbocycles. The largest absolute Gasteiger partial charge is 0.508 e. The van der Waals surface area contributed by atoms with Gasteiger partial charge in [-0.2, -0.15) is 0 Å². The molecule has 0 aliphatic carbocycles. The fraction of sp³-hybridized carbons (Fsp3) is 0.556. The smallest absolute Gasteiger partial charge is 0.119 e. The van der Waals surface area contributed by atoms with Crippen molar-refractivity contribution in [3.8, 4) is 5.75 Å². The van der Waals surface area contributed by atoms with Crippen LogP contribution in [0, 0.1) is 0 Å². The molecule has 1 N–H and O–H groups in total. The Hall–Kier alpha value is -3.32. The number of phenols is 1. The predicted octanol–water partition coefficient (Wildman–Crippen LogP) is 14.0. The van der Waals surface area contributed by atoms with E-state index in [0.717, 1.165) is 82.6 Å². The van der Waals surface area contributed by atoms with E-state index in [-0.39, 0.29) is 16.2 Å². The van der Waals surface area contributed by atoms with Gasteiger partial charge in [-0.15, -0.1) is 0 Å². The molecule has 0 spiro atoms. The molecule has 0 unspecified atom stereocenters. The second kappa shape index (κ2) is 18.3. The van der Waals surface area contributed by atoms with E-state index in [9.17, 15) is 5.11 Å². The van der Waals surface area contributed by atoms with E-state index in [1.54, 1.807) is 11.1 Å². The molecule has 0 saturated heterocycles. The van der Waals surface area contributed by atoms with Crippen LogP contribution in [0.2, 0.25) is 0 Å². The highest BCUT2D eigenvalue weighted by Gasteiger charge is 2.34. The lowest BCUT2D eigenvalue weighted by molar-refractivity contribution is 0.438. The van der Waals surface area contributed by atoms with Crippen LogP contribution in [0.15, 0.2) is 48.5 Å². The highest BCUT2D eigenvalue weighted by atomic mass is 16.3. The first-order chi connectivity index (χ1) is 26.0. The van der Waals surface area contributed by atoms with Crippen molar-refractivity contribution < 1.29 is 5.11 Å². The van der Waals surface area contributed by atoms with Crippen molar-refractivity contribution in [2.45, 2.75) is 197 Å². The maximum Gasteiger partial charge on any atom is 0.119 e. The van der Waals surface area contributed by atoms with Crippen molar-refractivity contribution in [2.75, 3.05) is 0 Å². The average molecular weight is 743 g/mol. The minimum atomic E-state index is -0.166. The number of rotatable bonds is 18. The Labute approximate surface area is 338 Å². The summed E-state index contributed by atoms with van der Waals surface area (Å²) in [6, 6.07) is 18.8. The lowest BCUT2D eigenvalue weighted by atomic mass is 9.68. The zero-order valence-electron chi connectivity index (χ0n) is 38.1. The van der Waals surface area contributed by atoms with Crippen LogP contribution >= 0.6 is 0 Å². The van der Waals surface area contributed by atoms with Gasteiger partial charge in [-0.3, -0.25) is 0 Å². The molecule has 0 aliphatic rings. The van der Waals surface area contributed by atoms with Gasteiger partial charge in [-0.05, 0) is 183 Å². The van der Waals surface area contributed by atoms with E-state index in [4.69, 9.17) is 0 Å². The number of phenolic OH excluding ortho intramolecular Hbond substituents is 1. The van der Waals surface area contributed by atoms with Gasteiger partial charge in [0.05, 0.1) is 0 Å². The van der Waals surface area contributed by atoms with Crippen LogP contribution in [0.5, 0.6) is 5.75 Å². The maximum atomic E-state index is 12.1. The van der Waals surface area contributed by atoms with Crippen LogP contribution in [0.1, 0.15) is 187 Å². The second-order valence-corrected chi connectivity index (χ2v) is 18.3. The Morgan fingerprint density at radius 3 is 0.909 bits per heavy atom. The van der Waals surface area contributed by atoms with Crippen LogP contribution < -0.4 is 0 Å². The van der Waals surface area contributed by atoms with Crippen molar-refractivity contribution in [3.63, 3.8) is 0 Å². The summed E-state index contributed by atoms with van der Waals surface area (Å²) in [6.45, 7) is 35.5. The molecule has 55 heavy (non-hydrogen) atoms. The first kappa shape index (κ1) is 44.4. The third-order valence-electron chi connectivity index (χ3n) is 13.4. The summed E-state index contributed by atoms with van der Waals surface area (Å²) in [7, 11) is 0. The molecule has 0 bridgehead atoms. The number of aromatic hydroxyl groups is 1. The number of aryl methyl sites for hydroxylation is 3. The van der Waals surface area contributed by atoms with E-state index in [1.807, 2.05) is 6.07 Å². The van der Waals surface area contributed by atoms with Crippen molar-refractivity contribution in [1.82, 2.24) is 0 Å². The molecule has 1 heteroatoms. The molecule has 1 nitrogen and oxygen atoms in total. The first-order valence-corrected chi connectivity index (χ1v) is 22.3. The number of hydrogen-bond donors (Lipinski definition) is 1.